The van der Waals surface area contributed by atoms with Crippen molar-refractivity contribution < 1.29 is 41.0 Å². The molecule has 0 unspecified atom stereocenters. The summed E-state index contributed by atoms with van der Waals surface area (Å²) in [5, 5.41) is 4.55. The second-order valence-electron chi connectivity index (χ2n) is 10.9. The van der Waals surface area contributed by atoms with Gasteiger partial charge in [-0.15, -0.1) is 0 Å². The van der Waals surface area contributed by atoms with Gasteiger partial charge in [0, 0.05) is 56.9 Å². The normalized spacial score (nSPS) is 15.1. The predicted octanol–water partition coefficient (Wildman–Crippen LogP) is 6.59. The van der Waals surface area contributed by atoms with Gasteiger partial charge in [0.1, 0.15) is 18.1 Å². The Morgan fingerprint density at radius 3 is 2.48 bits per heavy atom. The van der Waals surface area contributed by atoms with Crippen LogP contribution in [0.4, 0.5) is 32.4 Å². The quantitative estimate of drug-likeness (QED) is 0.159. The molecule has 2 amide bonds. The number of aromatic nitrogens is 2. The van der Waals surface area contributed by atoms with Gasteiger partial charge in [0.25, 0.3) is 0 Å². The van der Waals surface area contributed by atoms with E-state index in [1.165, 1.54) is 10.8 Å². The fourth-order valence-electron chi connectivity index (χ4n) is 4.00. The highest BCUT2D eigenvalue weighted by molar-refractivity contribution is 6.76. The number of pyridine rings is 1. The van der Waals surface area contributed by atoms with E-state index in [0.29, 0.717) is 19.8 Å². The summed E-state index contributed by atoms with van der Waals surface area (Å²) < 4.78 is 89.0. The highest BCUT2D eigenvalue weighted by atomic mass is 28.3. The van der Waals surface area contributed by atoms with E-state index in [9.17, 15) is 26.7 Å². The molecule has 1 fully saturated rings. The van der Waals surface area contributed by atoms with Gasteiger partial charge >= 0.3 is 12.2 Å². The molecule has 0 radical (unpaired) electrons. The number of hydrogen-bond donors (Lipinski definition) is 2. The lowest BCUT2D eigenvalue weighted by atomic mass is 10.0. The lowest BCUT2D eigenvalue weighted by Gasteiger charge is -2.31. The Morgan fingerprint density at radius 2 is 1.90 bits per heavy atom. The molecule has 3 aromatic rings. The van der Waals surface area contributed by atoms with Gasteiger partial charge in [0.05, 0.1) is 24.2 Å². The Labute approximate surface area is 228 Å². The smallest absolute Gasteiger partial charge is 0.418 e. The molecule has 0 saturated carbocycles. The first-order chi connectivity index (χ1) is 18.7. The molecule has 0 aliphatic carbocycles. The molecule has 218 valence electrons. The van der Waals surface area contributed by atoms with Gasteiger partial charge < -0.3 is 29.4 Å². The van der Waals surface area contributed by atoms with Crippen molar-refractivity contribution in [3.63, 3.8) is 0 Å². The lowest BCUT2D eigenvalue weighted by molar-refractivity contribution is -0.136. The number of amides is 2. The molecule has 0 spiro atoms. The second-order valence-corrected chi connectivity index (χ2v) is 16.5. The maximum Gasteiger partial charge on any atom is 0.418 e. The van der Waals surface area contributed by atoms with Crippen molar-refractivity contribution in [2.45, 2.75) is 51.6 Å². The Kier molecular flexibility index (Phi) is 8.71. The van der Waals surface area contributed by atoms with Crippen molar-refractivity contribution in [2.24, 2.45) is 5.92 Å². The van der Waals surface area contributed by atoms with Gasteiger partial charge in [0.2, 0.25) is 0 Å². The molecule has 1 aliphatic heterocycles. The predicted molar refractivity (Wildman–Crippen MR) is 141 cm³/mol. The maximum absolute atomic E-state index is 14.9. The zero-order valence-corrected chi connectivity index (χ0v) is 23.5. The Balaban J connectivity index is 1.56. The highest BCUT2D eigenvalue weighted by Crippen LogP contribution is 2.42. The molecule has 14 heteroatoms. The summed E-state index contributed by atoms with van der Waals surface area (Å²) in [5.74, 6) is -3.66. The van der Waals surface area contributed by atoms with E-state index >= 15 is 0 Å². The molecule has 8 nitrogen and oxygen atoms in total. The average molecular weight is 587 g/mol. The number of hydrogen-bond acceptors (Lipinski definition) is 5. The highest BCUT2D eigenvalue weighted by Gasteiger charge is 2.37. The van der Waals surface area contributed by atoms with Crippen LogP contribution in [0.25, 0.3) is 11.0 Å². The maximum atomic E-state index is 14.9. The third-order valence-corrected chi connectivity index (χ3v) is 8.15. The summed E-state index contributed by atoms with van der Waals surface area (Å²) in [5.41, 5.74) is -1.39. The number of anilines is 1. The van der Waals surface area contributed by atoms with Crippen molar-refractivity contribution in [3.8, 4) is 11.5 Å². The van der Waals surface area contributed by atoms with Crippen molar-refractivity contribution in [1.82, 2.24) is 14.9 Å². The van der Waals surface area contributed by atoms with Crippen LogP contribution in [-0.4, -0.2) is 49.5 Å². The fraction of sp³-hybridized carbons (Fsp3) is 0.462. The minimum atomic E-state index is -4.80. The molecular formula is C26H31F5N4O4Si. The Bertz CT molecular complexity index is 1350. The van der Waals surface area contributed by atoms with Gasteiger partial charge in [-0.25, -0.2) is 18.6 Å². The van der Waals surface area contributed by atoms with Crippen LogP contribution in [0, 0.1) is 17.6 Å². The molecule has 0 bridgehead atoms. The molecule has 2 N–H and O–H groups in total. The summed E-state index contributed by atoms with van der Waals surface area (Å²) in [6.07, 6.45) is -2.78. The summed E-state index contributed by atoms with van der Waals surface area (Å²) >= 11 is 0. The first-order valence-electron chi connectivity index (χ1n) is 12.7. The molecule has 2 aromatic heterocycles. The number of nitrogens with one attached hydrogen (secondary N) is 2. The molecule has 1 saturated heterocycles. The Hall–Kier alpha value is -3.23. The van der Waals surface area contributed by atoms with Crippen LogP contribution in [0.15, 0.2) is 30.6 Å². The van der Waals surface area contributed by atoms with Crippen LogP contribution in [0.1, 0.15) is 12.5 Å². The molecular weight excluding hydrogens is 555 g/mol. The van der Waals surface area contributed by atoms with Crippen LogP contribution in [-0.2, 0) is 22.4 Å². The topological polar surface area (TPSA) is 86.6 Å². The number of fused-ring (bicyclic) bond motifs is 1. The fourth-order valence-corrected chi connectivity index (χ4v) is 4.76. The van der Waals surface area contributed by atoms with E-state index in [4.69, 9.17) is 14.2 Å². The van der Waals surface area contributed by atoms with E-state index in [2.05, 4.69) is 35.3 Å². The molecule has 3 heterocycles. The number of rotatable bonds is 10. The molecule has 40 heavy (non-hydrogen) atoms. The minimum absolute atomic E-state index is 0.111. The lowest BCUT2D eigenvalue weighted by Crippen LogP contribution is -2.47. The van der Waals surface area contributed by atoms with Crippen LogP contribution >= 0.6 is 0 Å². The molecule has 4 rings (SSSR count). The largest absolute Gasteiger partial charge is 0.450 e. The van der Waals surface area contributed by atoms with Gasteiger partial charge in [-0.05, 0) is 19.0 Å². The van der Waals surface area contributed by atoms with Crippen molar-refractivity contribution >= 4 is 30.8 Å². The van der Waals surface area contributed by atoms with E-state index in [1.807, 2.05) is 0 Å². The Morgan fingerprint density at radius 1 is 1.23 bits per heavy atom. The van der Waals surface area contributed by atoms with Gasteiger partial charge in [-0.1, -0.05) is 19.6 Å². The molecule has 1 aliphatic rings. The van der Waals surface area contributed by atoms with Crippen LogP contribution in [0.5, 0.6) is 11.5 Å². The van der Waals surface area contributed by atoms with Crippen LogP contribution in [0.2, 0.25) is 25.7 Å². The monoisotopic (exact) mass is 586 g/mol. The first-order valence-corrected chi connectivity index (χ1v) is 16.4. The van der Waals surface area contributed by atoms with Gasteiger partial charge in [-0.3, -0.25) is 0 Å². The van der Waals surface area contributed by atoms with Crippen molar-refractivity contribution in [1.29, 1.82) is 0 Å². The minimum Gasteiger partial charge on any atom is -0.450 e. The number of carbonyl (C=O) groups excluding carboxylic acids is 1. The number of urea groups is 1. The van der Waals surface area contributed by atoms with Gasteiger partial charge in [-0.2, -0.15) is 13.2 Å². The summed E-state index contributed by atoms with van der Waals surface area (Å²) in [4.78, 5) is 16.3. The molecule has 1 atom stereocenters. The van der Waals surface area contributed by atoms with Crippen molar-refractivity contribution in [2.75, 3.05) is 25.1 Å². The zero-order chi connectivity index (χ0) is 29.2. The summed E-state index contributed by atoms with van der Waals surface area (Å²) in [7, 11) is -1.41. The van der Waals surface area contributed by atoms with Crippen LogP contribution in [0.3, 0.4) is 0 Å². The van der Waals surface area contributed by atoms with Crippen molar-refractivity contribution in [3.05, 3.63) is 47.8 Å². The van der Waals surface area contributed by atoms with Crippen LogP contribution < -0.4 is 15.4 Å². The number of benzene rings is 1. The number of halogens is 5. The number of nitrogens with zero attached hydrogens (tertiary/aromatic N) is 2. The van der Waals surface area contributed by atoms with E-state index in [1.54, 1.807) is 6.92 Å². The second kappa shape index (κ2) is 11.7. The third kappa shape index (κ3) is 7.09. The standard InChI is InChI=1S/C26H31F5N4O4Si/c1-15(16-12-38-13-16)33-25(36)34-17-9-19(27)23(20(28)10-17)39-21-5-6-32-24-22(21)18(26(29,30)31)11-35(24)14-37-7-8-40(2,3)4/h5-6,9-11,15-16H,7-8,12-14H2,1-4H3,(H2,33,34,36)/t15-/m1/s1. The summed E-state index contributed by atoms with van der Waals surface area (Å²) in [6.45, 7) is 9.42. The number of alkyl halides is 3. The van der Waals surface area contributed by atoms with E-state index in [0.717, 1.165) is 30.4 Å². The number of ether oxygens (including phenoxy) is 3. The zero-order valence-electron chi connectivity index (χ0n) is 22.5. The molecule has 1 aromatic carbocycles. The average Bonchev–Trinajstić information content (AvgIpc) is 3.17. The SMILES string of the molecule is C[C@@H](NC(=O)Nc1cc(F)c(Oc2ccnc3c2c(C(F)(F)F)cn3COCC[Si](C)(C)C)c(F)c1)C1COC1. The van der Waals surface area contributed by atoms with E-state index < -0.39 is 54.4 Å². The number of carbonyl (C=O) groups is 1. The summed E-state index contributed by atoms with van der Waals surface area (Å²) in [6, 6.07) is 2.65. The third-order valence-electron chi connectivity index (χ3n) is 6.45. The van der Waals surface area contributed by atoms with Gasteiger partial charge in [0.15, 0.2) is 17.4 Å². The first kappa shape index (κ1) is 29.7. The van der Waals surface area contributed by atoms with E-state index in [-0.39, 0.29) is 30.0 Å².